The van der Waals surface area contributed by atoms with Gasteiger partial charge in [-0.1, -0.05) is 6.07 Å². The van der Waals surface area contributed by atoms with Crippen molar-refractivity contribution in [2.45, 2.75) is 31.9 Å². The number of hydrogen-bond donors (Lipinski definition) is 3. The lowest BCUT2D eigenvalue weighted by Gasteiger charge is -2.31. The van der Waals surface area contributed by atoms with Gasteiger partial charge in [0, 0.05) is 19.6 Å². The van der Waals surface area contributed by atoms with Crippen LogP contribution in [0.1, 0.15) is 24.8 Å². The molecular formula is C15H21NO5. The van der Waals surface area contributed by atoms with E-state index in [1.54, 1.807) is 12.1 Å². The first-order chi connectivity index (χ1) is 10.0. The predicted octanol–water partition coefficient (Wildman–Crippen LogP) is 1.55. The van der Waals surface area contributed by atoms with E-state index in [0.29, 0.717) is 0 Å². The number of benzene rings is 1. The van der Waals surface area contributed by atoms with Crippen LogP contribution in [0.4, 0.5) is 0 Å². The fourth-order valence-electron chi connectivity index (χ4n) is 2.47. The lowest BCUT2D eigenvalue weighted by Crippen LogP contribution is -2.36. The number of nitrogens with zero attached hydrogens (tertiary/aromatic N) is 1. The molecule has 0 atom stereocenters. The second kappa shape index (κ2) is 7.28. The number of aromatic hydroxyl groups is 2. The van der Waals surface area contributed by atoms with Gasteiger partial charge in [-0.3, -0.25) is 9.69 Å². The van der Waals surface area contributed by atoms with Crippen molar-refractivity contribution >= 4 is 5.97 Å². The van der Waals surface area contributed by atoms with Gasteiger partial charge in [0.15, 0.2) is 11.5 Å². The van der Waals surface area contributed by atoms with E-state index in [-0.39, 0.29) is 30.6 Å². The minimum atomic E-state index is -0.834. The number of ether oxygens (including phenoxy) is 1. The minimum absolute atomic E-state index is 0.0486. The number of hydrogen-bond acceptors (Lipinski definition) is 5. The molecule has 6 heteroatoms. The Bertz CT molecular complexity index is 483. The van der Waals surface area contributed by atoms with Gasteiger partial charge in [0.2, 0.25) is 0 Å². The molecule has 1 saturated heterocycles. The van der Waals surface area contributed by atoms with Crippen LogP contribution in [0.5, 0.6) is 11.5 Å². The topological polar surface area (TPSA) is 90.2 Å². The molecule has 3 N–H and O–H groups in total. The Labute approximate surface area is 123 Å². The van der Waals surface area contributed by atoms with Gasteiger partial charge in [-0.25, -0.2) is 0 Å². The van der Waals surface area contributed by atoms with Crippen molar-refractivity contribution < 1.29 is 24.9 Å². The summed E-state index contributed by atoms with van der Waals surface area (Å²) in [5, 5.41) is 27.3. The maximum absolute atomic E-state index is 10.4. The maximum Gasteiger partial charge on any atom is 0.305 e. The first-order valence-corrected chi connectivity index (χ1v) is 7.11. The smallest absolute Gasteiger partial charge is 0.305 e. The molecule has 1 aliphatic rings. The summed E-state index contributed by atoms with van der Waals surface area (Å²) < 4.78 is 5.55. The summed E-state index contributed by atoms with van der Waals surface area (Å²) >= 11 is 0. The van der Waals surface area contributed by atoms with E-state index in [2.05, 4.69) is 4.90 Å². The minimum Gasteiger partial charge on any atom is -0.504 e. The van der Waals surface area contributed by atoms with Gasteiger partial charge in [0.05, 0.1) is 19.1 Å². The van der Waals surface area contributed by atoms with Crippen LogP contribution >= 0.6 is 0 Å². The zero-order chi connectivity index (χ0) is 15.2. The van der Waals surface area contributed by atoms with E-state index in [0.717, 1.165) is 38.0 Å². The van der Waals surface area contributed by atoms with E-state index in [4.69, 9.17) is 9.84 Å². The van der Waals surface area contributed by atoms with E-state index >= 15 is 0 Å². The molecule has 0 saturated carbocycles. The van der Waals surface area contributed by atoms with Gasteiger partial charge in [0.1, 0.15) is 0 Å². The molecule has 2 rings (SSSR count). The number of aliphatic carboxylic acids is 1. The highest BCUT2D eigenvalue weighted by molar-refractivity contribution is 5.66. The van der Waals surface area contributed by atoms with Gasteiger partial charge in [-0.05, 0) is 30.5 Å². The molecule has 6 nitrogen and oxygen atoms in total. The normalized spacial score (nSPS) is 17.0. The van der Waals surface area contributed by atoms with Crippen molar-refractivity contribution in [1.82, 2.24) is 4.90 Å². The highest BCUT2D eigenvalue weighted by atomic mass is 16.5. The first kappa shape index (κ1) is 15.6. The monoisotopic (exact) mass is 295 g/mol. The molecule has 0 aliphatic carbocycles. The van der Waals surface area contributed by atoms with E-state index in [1.807, 2.05) is 0 Å². The molecule has 0 unspecified atom stereocenters. The zero-order valence-electron chi connectivity index (χ0n) is 11.9. The van der Waals surface area contributed by atoms with E-state index in [9.17, 15) is 15.0 Å². The standard InChI is InChI=1S/C15H21NO5/c17-13-2-1-11(9-14(13)18)10-16-6-3-12(4-7-16)21-8-5-15(19)20/h1-2,9,12,17-18H,3-8,10H2,(H,19,20). The van der Waals surface area contributed by atoms with Crippen LogP contribution in [0.15, 0.2) is 18.2 Å². The van der Waals surface area contributed by atoms with Crippen LogP contribution in [0.3, 0.4) is 0 Å². The van der Waals surface area contributed by atoms with Crippen molar-refractivity contribution in [3.63, 3.8) is 0 Å². The highest BCUT2D eigenvalue weighted by Gasteiger charge is 2.20. The van der Waals surface area contributed by atoms with Crippen molar-refractivity contribution in [2.75, 3.05) is 19.7 Å². The molecule has 0 aromatic heterocycles. The maximum atomic E-state index is 10.4. The van der Waals surface area contributed by atoms with Crippen molar-refractivity contribution in [3.05, 3.63) is 23.8 Å². The van der Waals surface area contributed by atoms with Crippen LogP contribution in [0.25, 0.3) is 0 Å². The van der Waals surface area contributed by atoms with Crippen LogP contribution in [-0.2, 0) is 16.1 Å². The number of carboxylic acids is 1. The molecule has 0 bridgehead atoms. The van der Waals surface area contributed by atoms with Gasteiger partial charge in [0.25, 0.3) is 0 Å². The molecule has 116 valence electrons. The predicted molar refractivity (Wildman–Crippen MR) is 76.3 cm³/mol. The van der Waals surface area contributed by atoms with Crippen LogP contribution in [0.2, 0.25) is 0 Å². The second-order valence-electron chi connectivity index (χ2n) is 5.31. The van der Waals surface area contributed by atoms with Crippen molar-refractivity contribution in [1.29, 1.82) is 0 Å². The fraction of sp³-hybridized carbons (Fsp3) is 0.533. The van der Waals surface area contributed by atoms with Crippen molar-refractivity contribution in [2.24, 2.45) is 0 Å². The van der Waals surface area contributed by atoms with Crippen LogP contribution in [-0.4, -0.2) is 52.0 Å². The molecule has 1 aromatic carbocycles. The molecule has 1 heterocycles. The third-order valence-electron chi connectivity index (χ3n) is 3.65. The lowest BCUT2D eigenvalue weighted by molar-refractivity contribution is -0.138. The Morgan fingerprint density at radius 2 is 1.95 bits per heavy atom. The molecule has 21 heavy (non-hydrogen) atoms. The largest absolute Gasteiger partial charge is 0.504 e. The summed E-state index contributed by atoms with van der Waals surface area (Å²) in [7, 11) is 0. The Balaban J connectivity index is 1.73. The first-order valence-electron chi connectivity index (χ1n) is 7.11. The fourth-order valence-corrected chi connectivity index (χ4v) is 2.47. The zero-order valence-corrected chi connectivity index (χ0v) is 11.9. The molecule has 1 aliphatic heterocycles. The Kier molecular flexibility index (Phi) is 5.41. The Morgan fingerprint density at radius 1 is 1.24 bits per heavy atom. The molecule has 0 amide bonds. The number of phenols is 2. The number of rotatable bonds is 6. The summed E-state index contributed by atoms with van der Waals surface area (Å²) in [6, 6.07) is 4.86. The SMILES string of the molecule is O=C(O)CCOC1CCN(Cc2ccc(O)c(O)c2)CC1. The van der Waals surface area contributed by atoms with Crippen LogP contribution in [0, 0.1) is 0 Å². The third-order valence-corrected chi connectivity index (χ3v) is 3.65. The number of phenolic OH excluding ortho intramolecular Hbond substituents is 2. The summed E-state index contributed by atoms with van der Waals surface area (Å²) in [6.07, 6.45) is 1.94. The van der Waals surface area contributed by atoms with Gasteiger partial charge in [-0.15, -0.1) is 0 Å². The molecule has 1 fully saturated rings. The Hall–Kier alpha value is -1.79. The van der Waals surface area contributed by atoms with E-state index in [1.165, 1.54) is 6.07 Å². The lowest BCUT2D eigenvalue weighted by atomic mass is 10.1. The molecular weight excluding hydrogens is 274 g/mol. The van der Waals surface area contributed by atoms with Crippen molar-refractivity contribution in [3.8, 4) is 11.5 Å². The summed E-state index contributed by atoms with van der Waals surface area (Å²) in [4.78, 5) is 12.7. The summed E-state index contributed by atoms with van der Waals surface area (Å²) in [5.41, 5.74) is 0.954. The number of carbonyl (C=O) groups is 1. The second-order valence-corrected chi connectivity index (χ2v) is 5.31. The summed E-state index contributed by atoms with van der Waals surface area (Å²) in [6.45, 7) is 2.74. The third kappa shape index (κ3) is 4.91. The Morgan fingerprint density at radius 3 is 2.57 bits per heavy atom. The van der Waals surface area contributed by atoms with Gasteiger partial charge < -0.3 is 20.1 Å². The van der Waals surface area contributed by atoms with E-state index < -0.39 is 5.97 Å². The molecule has 1 aromatic rings. The average Bonchev–Trinajstić information content (AvgIpc) is 2.44. The average molecular weight is 295 g/mol. The quantitative estimate of drug-likeness (QED) is 0.690. The number of carboxylic acid groups (broad SMARTS) is 1. The van der Waals surface area contributed by atoms with Gasteiger partial charge in [-0.2, -0.15) is 0 Å². The molecule has 0 spiro atoms. The highest BCUT2D eigenvalue weighted by Crippen LogP contribution is 2.26. The number of piperidine rings is 1. The summed E-state index contributed by atoms with van der Waals surface area (Å²) in [5.74, 6) is -1.04. The molecule has 0 radical (unpaired) electrons. The van der Waals surface area contributed by atoms with Crippen LogP contribution < -0.4 is 0 Å². The van der Waals surface area contributed by atoms with Gasteiger partial charge >= 0.3 is 5.97 Å². The number of likely N-dealkylation sites (tertiary alicyclic amines) is 1.